The van der Waals surface area contributed by atoms with Crippen molar-refractivity contribution < 1.29 is 4.79 Å². The van der Waals surface area contributed by atoms with Gasteiger partial charge in [-0.3, -0.25) is 4.79 Å². The van der Waals surface area contributed by atoms with Crippen LogP contribution in [0.3, 0.4) is 0 Å². The molecule has 0 aromatic carbocycles. The summed E-state index contributed by atoms with van der Waals surface area (Å²) >= 11 is 1.44. The first-order valence-corrected chi connectivity index (χ1v) is 5.40. The number of ketones is 1. The van der Waals surface area contributed by atoms with Crippen LogP contribution in [-0.4, -0.2) is 23.9 Å². The summed E-state index contributed by atoms with van der Waals surface area (Å²) in [6.45, 7) is 1.86. The Morgan fingerprint density at radius 1 is 1.69 bits per heavy atom. The second kappa shape index (κ2) is 3.98. The molecular formula is C9H12N2OS. The van der Waals surface area contributed by atoms with Crippen molar-refractivity contribution in [2.24, 2.45) is 5.92 Å². The molecule has 1 aromatic rings. The highest BCUT2D eigenvalue weighted by atomic mass is 32.1. The molecule has 1 N–H and O–H groups in total. The molecule has 0 spiro atoms. The van der Waals surface area contributed by atoms with Crippen molar-refractivity contribution >= 4 is 17.1 Å². The molecule has 1 fully saturated rings. The summed E-state index contributed by atoms with van der Waals surface area (Å²) in [6.07, 6.45) is 3.79. The highest BCUT2D eigenvalue weighted by Gasteiger charge is 2.23. The Morgan fingerprint density at radius 3 is 3.23 bits per heavy atom. The zero-order valence-corrected chi connectivity index (χ0v) is 8.14. The highest BCUT2D eigenvalue weighted by molar-refractivity contribution is 7.11. The minimum atomic E-state index is 0.153. The molecule has 1 aromatic heterocycles. The number of nitrogens with zero attached hydrogens (tertiary/aromatic N) is 1. The zero-order chi connectivity index (χ0) is 9.10. The van der Waals surface area contributed by atoms with Gasteiger partial charge in [0.05, 0.1) is 0 Å². The van der Waals surface area contributed by atoms with Gasteiger partial charge in [0.15, 0.2) is 10.8 Å². The molecule has 0 aliphatic carbocycles. The molecule has 0 saturated carbocycles. The van der Waals surface area contributed by atoms with Crippen LogP contribution in [0.25, 0.3) is 0 Å². The molecule has 0 amide bonds. The summed E-state index contributed by atoms with van der Waals surface area (Å²) < 4.78 is 0. The van der Waals surface area contributed by atoms with E-state index in [1.54, 1.807) is 6.20 Å². The topological polar surface area (TPSA) is 42.0 Å². The SMILES string of the molecule is O=C(c1nccs1)C1CCCNC1. The molecule has 0 radical (unpaired) electrons. The Morgan fingerprint density at radius 2 is 2.62 bits per heavy atom. The molecule has 13 heavy (non-hydrogen) atoms. The number of hydrogen-bond donors (Lipinski definition) is 1. The van der Waals surface area contributed by atoms with Gasteiger partial charge in [0.1, 0.15) is 0 Å². The second-order valence-electron chi connectivity index (χ2n) is 3.24. The van der Waals surface area contributed by atoms with E-state index in [4.69, 9.17) is 0 Å². The number of piperidine rings is 1. The first-order valence-electron chi connectivity index (χ1n) is 4.52. The monoisotopic (exact) mass is 196 g/mol. The summed E-state index contributed by atoms with van der Waals surface area (Å²) in [5.41, 5.74) is 0. The van der Waals surface area contributed by atoms with Crippen LogP contribution >= 0.6 is 11.3 Å². The number of carbonyl (C=O) groups is 1. The van der Waals surface area contributed by atoms with Crippen molar-refractivity contribution in [3.05, 3.63) is 16.6 Å². The molecular weight excluding hydrogens is 184 g/mol. The quantitative estimate of drug-likeness (QED) is 0.725. The van der Waals surface area contributed by atoms with E-state index in [1.165, 1.54) is 11.3 Å². The van der Waals surface area contributed by atoms with Gasteiger partial charge in [-0.05, 0) is 19.4 Å². The lowest BCUT2D eigenvalue weighted by Gasteiger charge is -2.20. The summed E-state index contributed by atoms with van der Waals surface area (Å²) in [7, 11) is 0. The van der Waals surface area contributed by atoms with E-state index < -0.39 is 0 Å². The molecule has 2 rings (SSSR count). The van der Waals surface area contributed by atoms with Crippen LogP contribution in [0.5, 0.6) is 0 Å². The van der Waals surface area contributed by atoms with Crippen molar-refractivity contribution in [2.45, 2.75) is 12.8 Å². The van der Waals surface area contributed by atoms with E-state index in [2.05, 4.69) is 10.3 Å². The highest BCUT2D eigenvalue weighted by Crippen LogP contribution is 2.17. The standard InChI is InChI=1S/C9H12N2OS/c12-8(9-11-4-5-13-9)7-2-1-3-10-6-7/h4-5,7,10H,1-3,6H2. The van der Waals surface area contributed by atoms with Gasteiger partial charge in [0, 0.05) is 24.0 Å². The third kappa shape index (κ3) is 1.95. The fourth-order valence-electron chi connectivity index (χ4n) is 1.60. The van der Waals surface area contributed by atoms with Gasteiger partial charge in [-0.1, -0.05) is 0 Å². The molecule has 70 valence electrons. The normalized spacial score (nSPS) is 22.9. The summed E-state index contributed by atoms with van der Waals surface area (Å²) in [4.78, 5) is 15.8. The third-order valence-corrected chi connectivity index (χ3v) is 3.10. The van der Waals surface area contributed by atoms with E-state index in [-0.39, 0.29) is 11.7 Å². The van der Waals surface area contributed by atoms with Crippen molar-refractivity contribution in [1.29, 1.82) is 0 Å². The maximum absolute atomic E-state index is 11.8. The van der Waals surface area contributed by atoms with E-state index in [1.807, 2.05) is 5.38 Å². The lowest BCUT2D eigenvalue weighted by atomic mass is 9.95. The van der Waals surface area contributed by atoms with Crippen LogP contribution in [-0.2, 0) is 0 Å². The molecule has 1 unspecified atom stereocenters. The fraction of sp³-hybridized carbons (Fsp3) is 0.556. The number of thiazole rings is 1. The van der Waals surface area contributed by atoms with Crippen molar-refractivity contribution in [1.82, 2.24) is 10.3 Å². The Hall–Kier alpha value is -0.740. The predicted molar refractivity (Wildman–Crippen MR) is 52.0 cm³/mol. The Balaban J connectivity index is 2.04. The number of nitrogens with one attached hydrogen (secondary N) is 1. The Kier molecular flexibility index (Phi) is 2.71. The predicted octanol–water partition coefficient (Wildman–Crippen LogP) is 1.33. The number of hydrogen-bond acceptors (Lipinski definition) is 4. The number of aromatic nitrogens is 1. The number of carbonyl (C=O) groups excluding carboxylic acids is 1. The van der Waals surface area contributed by atoms with Crippen LogP contribution in [0.4, 0.5) is 0 Å². The average molecular weight is 196 g/mol. The van der Waals surface area contributed by atoms with Crippen molar-refractivity contribution in [2.75, 3.05) is 13.1 Å². The third-order valence-electron chi connectivity index (χ3n) is 2.31. The van der Waals surface area contributed by atoms with Crippen LogP contribution in [0, 0.1) is 5.92 Å². The molecule has 2 heterocycles. The number of rotatable bonds is 2. The van der Waals surface area contributed by atoms with Gasteiger partial charge < -0.3 is 5.32 Å². The maximum Gasteiger partial charge on any atom is 0.195 e. The molecule has 1 saturated heterocycles. The second-order valence-corrected chi connectivity index (χ2v) is 4.14. The maximum atomic E-state index is 11.8. The molecule has 1 aliphatic rings. The van der Waals surface area contributed by atoms with E-state index in [0.717, 1.165) is 25.9 Å². The summed E-state index contributed by atoms with van der Waals surface area (Å²) in [5, 5.41) is 5.75. The lowest BCUT2D eigenvalue weighted by molar-refractivity contribution is 0.0899. The van der Waals surface area contributed by atoms with Crippen LogP contribution < -0.4 is 5.32 Å². The average Bonchev–Trinajstić information content (AvgIpc) is 2.71. The molecule has 3 nitrogen and oxygen atoms in total. The zero-order valence-electron chi connectivity index (χ0n) is 7.32. The van der Waals surface area contributed by atoms with Gasteiger partial charge in [0.25, 0.3) is 0 Å². The van der Waals surface area contributed by atoms with Gasteiger partial charge in [-0.2, -0.15) is 0 Å². The smallest absolute Gasteiger partial charge is 0.195 e. The van der Waals surface area contributed by atoms with E-state index >= 15 is 0 Å². The van der Waals surface area contributed by atoms with Crippen LogP contribution in [0.2, 0.25) is 0 Å². The van der Waals surface area contributed by atoms with Crippen LogP contribution in [0.1, 0.15) is 22.6 Å². The van der Waals surface area contributed by atoms with E-state index in [0.29, 0.717) is 5.01 Å². The minimum Gasteiger partial charge on any atom is -0.316 e. The van der Waals surface area contributed by atoms with Crippen molar-refractivity contribution in [3.63, 3.8) is 0 Å². The number of Topliss-reactive ketones (excluding diaryl/α,β-unsaturated/α-hetero) is 1. The van der Waals surface area contributed by atoms with E-state index in [9.17, 15) is 4.79 Å². The first kappa shape index (κ1) is 8.84. The fourth-order valence-corrected chi connectivity index (χ4v) is 2.25. The van der Waals surface area contributed by atoms with Crippen LogP contribution in [0.15, 0.2) is 11.6 Å². The largest absolute Gasteiger partial charge is 0.316 e. The summed E-state index contributed by atoms with van der Waals surface area (Å²) in [6, 6.07) is 0. The van der Waals surface area contributed by atoms with Gasteiger partial charge >= 0.3 is 0 Å². The Labute approximate surface area is 81.2 Å². The van der Waals surface area contributed by atoms with Gasteiger partial charge in [-0.25, -0.2) is 4.98 Å². The lowest BCUT2D eigenvalue weighted by Crippen LogP contribution is -2.34. The molecule has 0 bridgehead atoms. The molecule has 4 heteroatoms. The van der Waals surface area contributed by atoms with Gasteiger partial charge in [-0.15, -0.1) is 11.3 Å². The molecule has 1 atom stereocenters. The minimum absolute atomic E-state index is 0.153. The Bertz CT molecular complexity index is 278. The summed E-state index contributed by atoms with van der Waals surface area (Å²) in [5.74, 6) is 0.363. The molecule has 1 aliphatic heterocycles. The van der Waals surface area contributed by atoms with Crippen molar-refractivity contribution in [3.8, 4) is 0 Å². The first-order chi connectivity index (χ1) is 6.38. The van der Waals surface area contributed by atoms with Gasteiger partial charge in [0.2, 0.25) is 0 Å².